The maximum absolute atomic E-state index is 11.9. The van der Waals surface area contributed by atoms with Gasteiger partial charge in [0.15, 0.2) is 5.96 Å². The Labute approximate surface area is 175 Å². The molecule has 2 saturated carbocycles. The SMILES string of the molecule is CCCNC(=NCC(=O)N(C)C)N1CCN(C2CC3CCC2C3)CC1.I. The molecule has 6 nitrogen and oxygen atoms in total. The highest BCUT2D eigenvalue weighted by atomic mass is 127. The molecule has 1 aliphatic heterocycles. The van der Waals surface area contributed by atoms with Gasteiger partial charge in [0, 0.05) is 52.9 Å². The fourth-order valence-corrected chi connectivity index (χ4v) is 4.71. The summed E-state index contributed by atoms with van der Waals surface area (Å²) in [4.78, 5) is 23.1. The van der Waals surface area contributed by atoms with Crippen molar-refractivity contribution in [3.8, 4) is 0 Å². The smallest absolute Gasteiger partial charge is 0.243 e. The molecule has 1 saturated heterocycles. The number of aliphatic imine (C=N–C) groups is 1. The minimum atomic E-state index is 0. The van der Waals surface area contributed by atoms with Crippen molar-refractivity contribution in [2.24, 2.45) is 16.8 Å². The predicted molar refractivity (Wildman–Crippen MR) is 117 cm³/mol. The van der Waals surface area contributed by atoms with E-state index in [9.17, 15) is 4.79 Å². The average Bonchev–Trinajstić information content (AvgIpc) is 3.25. The summed E-state index contributed by atoms with van der Waals surface area (Å²) in [6.45, 7) is 7.57. The molecule has 0 aromatic heterocycles. The normalized spacial score (nSPS) is 28.8. The molecule has 1 heterocycles. The number of amides is 1. The standard InChI is InChI=1S/C19H35N5O.HI/c1-4-7-20-19(21-14-18(25)22(2)3)24-10-8-23(9-11-24)17-13-15-5-6-16(17)12-15;/h15-17H,4-14H2,1-3H3,(H,20,21);1H. The average molecular weight is 477 g/mol. The fourth-order valence-electron chi connectivity index (χ4n) is 4.71. The van der Waals surface area contributed by atoms with Crippen molar-refractivity contribution in [2.45, 2.75) is 45.1 Å². The third-order valence-corrected chi connectivity index (χ3v) is 6.18. The van der Waals surface area contributed by atoms with Crippen LogP contribution < -0.4 is 5.32 Å². The summed E-state index contributed by atoms with van der Waals surface area (Å²) in [5, 5.41) is 3.43. The molecule has 3 rings (SSSR count). The van der Waals surface area contributed by atoms with Gasteiger partial charge < -0.3 is 15.1 Å². The van der Waals surface area contributed by atoms with Crippen LogP contribution in [0, 0.1) is 11.8 Å². The zero-order chi connectivity index (χ0) is 17.8. The van der Waals surface area contributed by atoms with E-state index >= 15 is 0 Å². The number of carbonyl (C=O) groups is 1. The maximum Gasteiger partial charge on any atom is 0.243 e. The van der Waals surface area contributed by atoms with Crippen molar-refractivity contribution in [3.63, 3.8) is 0 Å². The Hall–Kier alpha value is -0.570. The molecule has 0 spiro atoms. The third-order valence-electron chi connectivity index (χ3n) is 6.18. The van der Waals surface area contributed by atoms with E-state index in [1.54, 1.807) is 19.0 Å². The maximum atomic E-state index is 11.9. The third kappa shape index (κ3) is 5.24. The Balaban J connectivity index is 0.00000243. The molecular formula is C19H36IN5O. The Morgan fingerprint density at radius 3 is 2.42 bits per heavy atom. The molecule has 1 amide bonds. The van der Waals surface area contributed by atoms with Crippen LogP contribution in [0.2, 0.25) is 0 Å². The molecule has 150 valence electrons. The molecule has 2 aliphatic carbocycles. The number of fused-ring (bicyclic) bond motifs is 2. The second-order valence-electron chi connectivity index (χ2n) is 8.12. The van der Waals surface area contributed by atoms with Gasteiger partial charge in [0.05, 0.1) is 0 Å². The minimum Gasteiger partial charge on any atom is -0.356 e. The molecular weight excluding hydrogens is 441 g/mol. The lowest BCUT2D eigenvalue weighted by molar-refractivity contribution is -0.127. The van der Waals surface area contributed by atoms with Gasteiger partial charge in [-0.05, 0) is 37.5 Å². The van der Waals surface area contributed by atoms with Crippen LogP contribution in [0.5, 0.6) is 0 Å². The van der Waals surface area contributed by atoms with Gasteiger partial charge >= 0.3 is 0 Å². The molecule has 2 bridgehead atoms. The largest absolute Gasteiger partial charge is 0.356 e. The van der Waals surface area contributed by atoms with Crippen molar-refractivity contribution >= 4 is 35.8 Å². The Kier molecular flexibility index (Phi) is 8.44. The zero-order valence-corrected chi connectivity index (χ0v) is 18.9. The quantitative estimate of drug-likeness (QED) is 0.373. The second kappa shape index (κ2) is 10.1. The molecule has 0 aromatic rings. The van der Waals surface area contributed by atoms with Crippen LogP contribution in [0.1, 0.15) is 39.0 Å². The number of guanidine groups is 1. The lowest BCUT2D eigenvalue weighted by atomic mass is 9.93. The number of carbonyl (C=O) groups excluding carboxylic acids is 1. The number of piperazine rings is 1. The number of likely N-dealkylation sites (N-methyl/N-ethyl adjacent to an activating group) is 1. The summed E-state index contributed by atoms with van der Waals surface area (Å²) < 4.78 is 0. The van der Waals surface area contributed by atoms with E-state index < -0.39 is 0 Å². The van der Waals surface area contributed by atoms with E-state index in [1.807, 2.05) is 0 Å². The van der Waals surface area contributed by atoms with Crippen LogP contribution in [0.3, 0.4) is 0 Å². The van der Waals surface area contributed by atoms with Gasteiger partial charge in [0.25, 0.3) is 0 Å². The summed E-state index contributed by atoms with van der Waals surface area (Å²) in [6, 6.07) is 0.834. The van der Waals surface area contributed by atoms with E-state index in [1.165, 1.54) is 25.7 Å². The molecule has 7 heteroatoms. The number of nitrogens with one attached hydrogen (secondary N) is 1. The van der Waals surface area contributed by atoms with Gasteiger partial charge in [-0.15, -0.1) is 24.0 Å². The van der Waals surface area contributed by atoms with E-state index in [2.05, 4.69) is 27.0 Å². The summed E-state index contributed by atoms with van der Waals surface area (Å²) >= 11 is 0. The highest BCUT2D eigenvalue weighted by molar-refractivity contribution is 14.0. The van der Waals surface area contributed by atoms with E-state index in [0.29, 0.717) is 0 Å². The molecule has 3 unspecified atom stereocenters. The highest BCUT2D eigenvalue weighted by Crippen LogP contribution is 2.46. The van der Waals surface area contributed by atoms with Gasteiger partial charge in [-0.25, -0.2) is 4.99 Å². The first-order valence-corrected chi connectivity index (χ1v) is 10.1. The lowest BCUT2D eigenvalue weighted by Crippen LogP contribution is -2.55. The summed E-state index contributed by atoms with van der Waals surface area (Å²) in [5.74, 6) is 2.93. The van der Waals surface area contributed by atoms with Crippen molar-refractivity contribution in [1.82, 2.24) is 20.0 Å². The minimum absolute atomic E-state index is 0. The fraction of sp³-hybridized carbons (Fsp3) is 0.895. The van der Waals surface area contributed by atoms with Gasteiger partial charge in [0.2, 0.25) is 5.91 Å². The molecule has 3 atom stereocenters. The summed E-state index contributed by atoms with van der Waals surface area (Å²) in [6.07, 6.45) is 6.89. The summed E-state index contributed by atoms with van der Waals surface area (Å²) in [5.41, 5.74) is 0. The van der Waals surface area contributed by atoms with Crippen molar-refractivity contribution < 1.29 is 4.79 Å². The van der Waals surface area contributed by atoms with E-state index in [4.69, 9.17) is 0 Å². The molecule has 26 heavy (non-hydrogen) atoms. The topological polar surface area (TPSA) is 51.2 Å². The Morgan fingerprint density at radius 1 is 1.15 bits per heavy atom. The number of nitrogens with zero attached hydrogens (tertiary/aromatic N) is 4. The zero-order valence-electron chi connectivity index (χ0n) is 16.6. The van der Waals surface area contributed by atoms with Crippen LogP contribution in [0.4, 0.5) is 0 Å². The van der Waals surface area contributed by atoms with Crippen molar-refractivity contribution in [1.29, 1.82) is 0 Å². The van der Waals surface area contributed by atoms with Crippen LogP contribution in [-0.4, -0.2) is 86.0 Å². The van der Waals surface area contributed by atoms with Gasteiger partial charge in [0.1, 0.15) is 6.54 Å². The Morgan fingerprint density at radius 2 is 1.88 bits per heavy atom. The van der Waals surface area contributed by atoms with Gasteiger partial charge in [-0.1, -0.05) is 13.3 Å². The first kappa shape index (κ1) is 21.7. The van der Waals surface area contributed by atoms with E-state index in [0.717, 1.165) is 63.0 Å². The molecule has 3 fully saturated rings. The molecule has 0 aromatic carbocycles. The number of hydrogen-bond donors (Lipinski definition) is 1. The highest BCUT2D eigenvalue weighted by Gasteiger charge is 2.42. The molecule has 1 N–H and O–H groups in total. The van der Waals surface area contributed by atoms with Gasteiger partial charge in [-0.3, -0.25) is 9.69 Å². The lowest BCUT2D eigenvalue weighted by Gasteiger charge is -2.42. The number of hydrogen-bond acceptors (Lipinski definition) is 3. The van der Waals surface area contributed by atoms with Crippen LogP contribution in [-0.2, 0) is 4.79 Å². The van der Waals surface area contributed by atoms with E-state index in [-0.39, 0.29) is 36.4 Å². The molecule has 3 aliphatic rings. The number of halogens is 1. The summed E-state index contributed by atoms with van der Waals surface area (Å²) in [7, 11) is 3.57. The molecule has 0 radical (unpaired) electrons. The predicted octanol–water partition coefficient (Wildman–Crippen LogP) is 1.85. The van der Waals surface area contributed by atoms with Crippen molar-refractivity contribution in [2.75, 3.05) is 53.4 Å². The first-order chi connectivity index (χ1) is 12.1. The van der Waals surface area contributed by atoms with Gasteiger partial charge in [-0.2, -0.15) is 0 Å². The number of rotatable bonds is 5. The van der Waals surface area contributed by atoms with Crippen molar-refractivity contribution in [3.05, 3.63) is 0 Å². The monoisotopic (exact) mass is 477 g/mol. The first-order valence-electron chi connectivity index (χ1n) is 10.1. The Bertz CT molecular complexity index is 490. The van der Waals surface area contributed by atoms with Crippen LogP contribution >= 0.6 is 24.0 Å². The van der Waals surface area contributed by atoms with Crippen LogP contribution in [0.15, 0.2) is 4.99 Å². The van der Waals surface area contributed by atoms with Crippen LogP contribution in [0.25, 0.3) is 0 Å². The second-order valence-corrected chi connectivity index (χ2v) is 8.12.